The molecule has 3 saturated heterocycles. The van der Waals surface area contributed by atoms with Crippen molar-refractivity contribution in [1.29, 1.82) is 0 Å². The number of nitrogens with one attached hydrogen (secondary N) is 3. The summed E-state index contributed by atoms with van der Waals surface area (Å²) in [4.78, 5) is 40.1. The molecule has 3 unspecified atom stereocenters. The third-order valence-corrected chi connectivity index (χ3v) is 9.15. The van der Waals surface area contributed by atoms with Crippen LogP contribution in [0, 0.1) is 6.92 Å². The zero-order valence-corrected chi connectivity index (χ0v) is 25.2. The van der Waals surface area contributed by atoms with Gasteiger partial charge in [-0.3, -0.25) is 9.59 Å². The fourth-order valence-corrected chi connectivity index (χ4v) is 6.78. The maximum absolute atomic E-state index is 13.1. The molecule has 2 amide bonds. The van der Waals surface area contributed by atoms with Crippen LogP contribution in [0.2, 0.25) is 0 Å². The third kappa shape index (κ3) is 6.15. The van der Waals surface area contributed by atoms with E-state index in [0.29, 0.717) is 23.2 Å². The van der Waals surface area contributed by atoms with Gasteiger partial charge in [-0.25, -0.2) is 9.97 Å². The Balaban J connectivity index is 1.04. The van der Waals surface area contributed by atoms with E-state index in [1.165, 1.54) is 0 Å². The summed E-state index contributed by atoms with van der Waals surface area (Å²) in [6, 6.07) is 14.0. The SMILES string of the molecule is COc1cccc(C(=O)NC2CC3CCC(C2)N3c2ccc(C(=O)NC(C)c3ccc(N4CCNCC4)nc3)cn2)c1C. The smallest absolute Gasteiger partial charge is 0.253 e. The van der Waals surface area contributed by atoms with E-state index in [1.54, 1.807) is 13.3 Å². The highest BCUT2D eigenvalue weighted by atomic mass is 16.5. The van der Waals surface area contributed by atoms with E-state index in [-0.39, 0.29) is 23.9 Å². The van der Waals surface area contributed by atoms with Crippen LogP contribution in [-0.4, -0.2) is 73.2 Å². The molecule has 0 saturated carbocycles. The van der Waals surface area contributed by atoms with Crippen molar-refractivity contribution in [3.8, 4) is 5.75 Å². The molecule has 0 aliphatic carbocycles. The van der Waals surface area contributed by atoms with Gasteiger partial charge < -0.3 is 30.5 Å². The largest absolute Gasteiger partial charge is 0.496 e. The number of ether oxygens (including phenoxy) is 1. The first-order valence-corrected chi connectivity index (χ1v) is 15.3. The summed E-state index contributed by atoms with van der Waals surface area (Å²) in [5.41, 5.74) is 3.00. The monoisotopic (exact) mass is 583 g/mol. The Kier molecular flexibility index (Phi) is 8.47. The molecular formula is C33H41N7O3. The average molecular weight is 584 g/mol. The molecule has 3 fully saturated rings. The van der Waals surface area contributed by atoms with Crippen molar-refractivity contribution in [2.45, 2.75) is 63.7 Å². The first-order chi connectivity index (χ1) is 20.9. The van der Waals surface area contributed by atoms with Gasteiger partial charge in [0.15, 0.2) is 0 Å². The predicted octanol–water partition coefficient (Wildman–Crippen LogP) is 3.62. The molecule has 6 rings (SSSR count). The fourth-order valence-electron chi connectivity index (χ4n) is 6.78. The number of pyridine rings is 2. The van der Waals surface area contributed by atoms with Crippen LogP contribution in [0.1, 0.15) is 70.5 Å². The Morgan fingerprint density at radius 1 is 0.953 bits per heavy atom. The van der Waals surface area contributed by atoms with Gasteiger partial charge >= 0.3 is 0 Å². The molecule has 10 nitrogen and oxygen atoms in total. The first kappa shape index (κ1) is 28.9. The van der Waals surface area contributed by atoms with Crippen LogP contribution in [0.4, 0.5) is 11.6 Å². The summed E-state index contributed by atoms with van der Waals surface area (Å²) in [6.07, 6.45) is 7.39. The van der Waals surface area contributed by atoms with Crippen LogP contribution < -0.4 is 30.5 Å². The number of carbonyl (C=O) groups is 2. The van der Waals surface area contributed by atoms with Crippen LogP contribution in [0.3, 0.4) is 0 Å². The van der Waals surface area contributed by atoms with Gasteiger partial charge in [-0.1, -0.05) is 12.1 Å². The number of benzene rings is 1. The van der Waals surface area contributed by atoms with Gasteiger partial charge in [-0.2, -0.15) is 0 Å². The van der Waals surface area contributed by atoms with Crippen LogP contribution in [0.15, 0.2) is 54.9 Å². The Hall–Kier alpha value is -4.18. The maximum atomic E-state index is 13.1. The number of amides is 2. The highest BCUT2D eigenvalue weighted by molar-refractivity contribution is 5.96. The van der Waals surface area contributed by atoms with E-state index in [2.05, 4.69) is 30.7 Å². The normalized spacial score (nSPS) is 22.2. The molecule has 5 heterocycles. The molecule has 43 heavy (non-hydrogen) atoms. The summed E-state index contributed by atoms with van der Waals surface area (Å²) in [7, 11) is 1.62. The Morgan fingerprint density at radius 2 is 1.67 bits per heavy atom. The standard InChI is InChI=1S/C33H41N7O3/c1-21-28(5-4-6-29(21)43-3)33(42)38-25-17-26-9-10-27(18-25)40(26)31-12-8-24(20-36-31)32(41)37-22(2)23-7-11-30(35-19-23)39-15-13-34-14-16-39/h4-8,11-12,19-20,22,25-27,34H,9-10,13-18H2,1-3H3,(H,37,41)(H,38,42). The van der Waals surface area contributed by atoms with Gasteiger partial charge in [0.25, 0.3) is 11.8 Å². The lowest BCUT2D eigenvalue weighted by Gasteiger charge is -2.40. The minimum atomic E-state index is -0.178. The topological polar surface area (TPSA) is 112 Å². The van der Waals surface area contributed by atoms with Crippen LogP contribution in [-0.2, 0) is 0 Å². The van der Waals surface area contributed by atoms with Gasteiger partial charge in [0.2, 0.25) is 0 Å². The van der Waals surface area contributed by atoms with E-state index in [9.17, 15) is 9.59 Å². The number of piperazine rings is 1. The number of nitrogens with zero attached hydrogens (tertiary/aromatic N) is 4. The minimum Gasteiger partial charge on any atom is -0.496 e. The second-order valence-electron chi connectivity index (χ2n) is 11.9. The quantitative estimate of drug-likeness (QED) is 0.369. The lowest BCUT2D eigenvalue weighted by Crippen LogP contribution is -2.50. The Labute approximate surface area is 253 Å². The van der Waals surface area contributed by atoms with Crippen molar-refractivity contribution in [2.24, 2.45) is 0 Å². The van der Waals surface area contributed by atoms with Gasteiger partial charge in [-0.15, -0.1) is 0 Å². The molecule has 10 heteroatoms. The number of piperidine rings is 1. The van der Waals surface area contributed by atoms with Gasteiger partial charge in [0.05, 0.1) is 18.7 Å². The predicted molar refractivity (Wildman–Crippen MR) is 167 cm³/mol. The first-order valence-electron chi connectivity index (χ1n) is 15.3. The molecule has 3 N–H and O–H groups in total. The highest BCUT2D eigenvalue weighted by Crippen LogP contribution is 2.38. The van der Waals surface area contributed by atoms with E-state index < -0.39 is 0 Å². The number of rotatable bonds is 8. The van der Waals surface area contributed by atoms with Gasteiger partial charge in [-0.05, 0) is 75.4 Å². The molecule has 3 atom stereocenters. The molecule has 0 spiro atoms. The van der Waals surface area contributed by atoms with Crippen molar-refractivity contribution in [2.75, 3.05) is 43.1 Å². The molecular weight excluding hydrogens is 542 g/mol. The highest BCUT2D eigenvalue weighted by Gasteiger charge is 2.42. The number of aromatic nitrogens is 2. The molecule has 3 aliphatic rings. The van der Waals surface area contributed by atoms with Gasteiger partial charge in [0.1, 0.15) is 17.4 Å². The molecule has 2 aromatic heterocycles. The van der Waals surface area contributed by atoms with E-state index in [0.717, 1.165) is 80.4 Å². The second kappa shape index (κ2) is 12.6. The third-order valence-electron chi connectivity index (χ3n) is 9.15. The summed E-state index contributed by atoms with van der Waals surface area (Å²) in [5, 5.41) is 9.71. The number of hydrogen-bond donors (Lipinski definition) is 3. The lowest BCUT2D eigenvalue weighted by atomic mass is 9.96. The number of anilines is 2. The van der Waals surface area contributed by atoms with E-state index in [1.807, 2.05) is 62.5 Å². The van der Waals surface area contributed by atoms with E-state index in [4.69, 9.17) is 9.72 Å². The van der Waals surface area contributed by atoms with Crippen molar-refractivity contribution >= 4 is 23.5 Å². The lowest BCUT2D eigenvalue weighted by molar-refractivity contribution is 0.0922. The number of methoxy groups -OCH3 is 1. The molecule has 2 bridgehead atoms. The molecule has 1 aromatic carbocycles. The van der Waals surface area contributed by atoms with Crippen LogP contribution in [0.25, 0.3) is 0 Å². The Morgan fingerprint density at radius 3 is 2.33 bits per heavy atom. The summed E-state index contributed by atoms with van der Waals surface area (Å²) in [5.74, 6) is 2.37. The Bertz CT molecular complexity index is 1430. The summed E-state index contributed by atoms with van der Waals surface area (Å²) >= 11 is 0. The zero-order valence-electron chi connectivity index (χ0n) is 25.2. The summed E-state index contributed by atoms with van der Waals surface area (Å²) < 4.78 is 5.39. The number of carbonyl (C=O) groups excluding carboxylic acids is 2. The van der Waals surface area contributed by atoms with Crippen LogP contribution >= 0.6 is 0 Å². The summed E-state index contributed by atoms with van der Waals surface area (Å²) in [6.45, 7) is 7.70. The molecule has 3 aliphatic heterocycles. The van der Waals surface area contributed by atoms with Crippen LogP contribution in [0.5, 0.6) is 5.75 Å². The molecule has 3 aromatic rings. The number of hydrogen-bond acceptors (Lipinski definition) is 8. The van der Waals surface area contributed by atoms with Crippen molar-refractivity contribution in [3.63, 3.8) is 0 Å². The molecule has 0 radical (unpaired) electrons. The van der Waals surface area contributed by atoms with E-state index >= 15 is 0 Å². The maximum Gasteiger partial charge on any atom is 0.253 e. The minimum absolute atomic E-state index is 0.0526. The second-order valence-corrected chi connectivity index (χ2v) is 11.9. The van der Waals surface area contributed by atoms with Gasteiger partial charge in [0, 0.05) is 67.8 Å². The average Bonchev–Trinajstić information content (AvgIpc) is 3.31. The van der Waals surface area contributed by atoms with Crippen molar-refractivity contribution < 1.29 is 14.3 Å². The zero-order chi connectivity index (χ0) is 29.9. The molecule has 226 valence electrons. The number of fused-ring (bicyclic) bond motifs is 2. The fraction of sp³-hybridized carbons (Fsp3) is 0.455. The van der Waals surface area contributed by atoms with Crippen molar-refractivity contribution in [3.05, 3.63) is 77.1 Å². The van der Waals surface area contributed by atoms with Crippen molar-refractivity contribution in [1.82, 2.24) is 25.9 Å².